The van der Waals surface area contributed by atoms with E-state index in [9.17, 15) is 26.4 Å². The molecule has 0 aromatic heterocycles. The van der Waals surface area contributed by atoms with E-state index in [2.05, 4.69) is 0 Å². The van der Waals surface area contributed by atoms with E-state index < -0.39 is 50.3 Å². The second kappa shape index (κ2) is 11.4. The van der Waals surface area contributed by atoms with Gasteiger partial charge in [0.1, 0.15) is 6.61 Å². The molecule has 2 rings (SSSR count). The molecule has 2 amide bonds. The fraction of sp³-hybridized carbons (Fsp3) is 0.619. The van der Waals surface area contributed by atoms with Crippen LogP contribution in [0.3, 0.4) is 0 Å². The molecular formula is C21H31NO9S2. The number of amides is 2. The third-order valence-corrected chi connectivity index (χ3v) is 6.34. The molecule has 0 bridgehead atoms. The maximum atomic E-state index is 13.5. The van der Waals surface area contributed by atoms with Crippen molar-refractivity contribution in [3.8, 4) is 0 Å². The topological polar surface area (TPSA) is 133 Å². The molecule has 0 unspecified atom stereocenters. The molecule has 1 fully saturated rings. The van der Waals surface area contributed by atoms with Crippen LogP contribution >= 0.6 is 0 Å². The number of hydrogen-bond acceptors (Lipinski definition) is 9. The van der Waals surface area contributed by atoms with E-state index in [-0.39, 0.29) is 32.0 Å². The van der Waals surface area contributed by atoms with Crippen molar-refractivity contribution in [1.29, 1.82) is 0 Å². The van der Waals surface area contributed by atoms with E-state index >= 15 is 0 Å². The summed E-state index contributed by atoms with van der Waals surface area (Å²) in [6.07, 6.45) is 0.432. The molecule has 3 atom stereocenters. The molecule has 1 saturated heterocycles. The van der Waals surface area contributed by atoms with Gasteiger partial charge in [-0.05, 0) is 30.7 Å². The van der Waals surface area contributed by atoms with Gasteiger partial charge in [-0.2, -0.15) is 16.8 Å². The monoisotopic (exact) mass is 505 g/mol. The zero-order valence-electron chi connectivity index (χ0n) is 19.2. The summed E-state index contributed by atoms with van der Waals surface area (Å²) in [4.78, 5) is 27.0. The van der Waals surface area contributed by atoms with Gasteiger partial charge in [-0.1, -0.05) is 44.2 Å². The normalized spacial score (nSPS) is 18.9. The van der Waals surface area contributed by atoms with Gasteiger partial charge in [-0.15, -0.1) is 0 Å². The number of rotatable bonds is 12. The molecule has 10 nitrogen and oxygen atoms in total. The molecule has 1 aliphatic heterocycles. The van der Waals surface area contributed by atoms with Gasteiger partial charge < -0.3 is 4.74 Å². The number of ether oxygens (including phenoxy) is 1. The van der Waals surface area contributed by atoms with Crippen molar-refractivity contribution in [3.05, 3.63) is 35.9 Å². The SMILES string of the molecule is CC(C)[C@@H](C(=O)N1C(=O)OC[C@H]1Cc1ccccc1)[C@H](CCCOS(C)(=O)=O)OS(C)(=O)=O. The Morgan fingerprint density at radius 3 is 2.30 bits per heavy atom. The van der Waals surface area contributed by atoms with Gasteiger partial charge in [0.05, 0.1) is 37.2 Å². The van der Waals surface area contributed by atoms with Crippen molar-refractivity contribution in [1.82, 2.24) is 4.90 Å². The van der Waals surface area contributed by atoms with Crippen LogP contribution in [0.1, 0.15) is 32.3 Å². The first-order chi connectivity index (χ1) is 15.3. The van der Waals surface area contributed by atoms with Crippen LogP contribution in [0.4, 0.5) is 4.79 Å². The third-order valence-electron chi connectivity index (χ3n) is 5.15. The van der Waals surface area contributed by atoms with Gasteiger partial charge in [0.15, 0.2) is 0 Å². The van der Waals surface area contributed by atoms with E-state index in [0.717, 1.165) is 23.0 Å². The van der Waals surface area contributed by atoms with Crippen LogP contribution in [0.25, 0.3) is 0 Å². The minimum Gasteiger partial charge on any atom is -0.447 e. The molecule has 186 valence electrons. The second-order valence-corrected chi connectivity index (χ2v) is 11.7. The molecule has 0 saturated carbocycles. The fourth-order valence-corrected chi connectivity index (χ4v) is 4.89. The number of hydrogen-bond donors (Lipinski definition) is 0. The van der Waals surface area contributed by atoms with Crippen molar-refractivity contribution in [2.75, 3.05) is 25.7 Å². The molecule has 0 radical (unpaired) electrons. The summed E-state index contributed by atoms with van der Waals surface area (Å²) in [5, 5.41) is 0. The molecule has 0 N–H and O–H groups in total. The highest BCUT2D eigenvalue weighted by molar-refractivity contribution is 7.86. The summed E-state index contributed by atoms with van der Waals surface area (Å²) in [5.74, 6) is -1.96. The summed E-state index contributed by atoms with van der Waals surface area (Å²) in [5.41, 5.74) is 0.918. The molecular weight excluding hydrogens is 474 g/mol. The fourth-order valence-electron chi connectivity index (χ4n) is 3.81. The lowest BCUT2D eigenvalue weighted by Crippen LogP contribution is -2.49. The smallest absolute Gasteiger partial charge is 0.416 e. The Balaban J connectivity index is 2.25. The first kappa shape index (κ1) is 27.2. The molecule has 0 spiro atoms. The highest BCUT2D eigenvalue weighted by atomic mass is 32.2. The maximum absolute atomic E-state index is 13.5. The van der Waals surface area contributed by atoms with Crippen LogP contribution < -0.4 is 0 Å². The first-order valence-electron chi connectivity index (χ1n) is 10.5. The lowest BCUT2D eigenvalue weighted by atomic mass is 9.86. The van der Waals surface area contributed by atoms with Crippen LogP contribution in [0, 0.1) is 11.8 Å². The van der Waals surface area contributed by atoms with Crippen LogP contribution in [0.5, 0.6) is 0 Å². The Morgan fingerprint density at radius 1 is 1.12 bits per heavy atom. The van der Waals surface area contributed by atoms with Gasteiger partial charge in [-0.3, -0.25) is 13.2 Å². The van der Waals surface area contributed by atoms with Crippen molar-refractivity contribution >= 4 is 32.2 Å². The minimum absolute atomic E-state index is 0.0312. The summed E-state index contributed by atoms with van der Waals surface area (Å²) in [7, 11) is -7.61. The van der Waals surface area contributed by atoms with Gasteiger partial charge in [0.25, 0.3) is 20.2 Å². The van der Waals surface area contributed by atoms with Gasteiger partial charge in [0.2, 0.25) is 5.91 Å². The Bertz CT molecular complexity index is 1020. The molecule has 1 aromatic rings. The number of benzene rings is 1. The minimum atomic E-state index is -3.95. The molecule has 1 heterocycles. The maximum Gasteiger partial charge on any atom is 0.416 e. The largest absolute Gasteiger partial charge is 0.447 e. The Kier molecular flexibility index (Phi) is 9.41. The highest BCUT2D eigenvalue weighted by Gasteiger charge is 2.45. The highest BCUT2D eigenvalue weighted by Crippen LogP contribution is 2.29. The van der Waals surface area contributed by atoms with E-state index in [1.54, 1.807) is 13.8 Å². The number of carbonyl (C=O) groups excluding carboxylic acids is 2. The predicted octanol–water partition coefficient (Wildman–Crippen LogP) is 1.95. The van der Waals surface area contributed by atoms with Crippen molar-refractivity contribution < 1.29 is 39.5 Å². The van der Waals surface area contributed by atoms with Crippen molar-refractivity contribution in [3.63, 3.8) is 0 Å². The number of carbonyl (C=O) groups is 2. The molecule has 0 aliphatic carbocycles. The third kappa shape index (κ3) is 8.69. The summed E-state index contributed by atoms with van der Waals surface area (Å²) >= 11 is 0. The molecule has 33 heavy (non-hydrogen) atoms. The van der Waals surface area contributed by atoms with Gasteiger partial charge in [-0.25, -0.2) is 9.69 Å². The zero-order valence-corrected chi connectivity index (χ0v) is 20.8. The van der Waals surface area contributed by atoms with Crippen molar-refractivity contribution in [2.45, 2.75) is 45.3 Å². The van der Waals surface area contributed by atoms with E-state index in [1.807, 2.05) is 30.3 Å². The zero-order chi connectivity index (χ0) is 24.8. The first-order valence-corrected chi connectivity index (χ1v) is 14.2. The van der Waals surface area contributed by atoms with Crippen LogP contribution in [-0.4, -0.2) is 71.6 Å². The quantitative estimate of drug-likeness (QED) is 0.309. The number of imide groups is 1. The van der Waals surface area contributed by atoms with Gasteiger partial charge in [0, 0.05) is 0 Å². The lowest BCUT2D eigenvalue weighted by molar-refractivity contribution is -0.138. The predicted molar refractivity (Wildman–Crippen MR) is 120 cm³/mol. The summed E-state index contributed by atoms with van der Waals surface area (Å²) in [6.45, 7) is 3.29. The van der Waals surface area contributed by atoms with E-state index in [4.69, 9.17) is 13.1 Å². The van der Waals surface area contributed by atoms with Gasteiger partial charge >= 0.3 is 6.09 Å². The van der Waals surface area contributed by atoms with E-state index in [1.165, 1.54) is 0 Å². The van der Waals surface area contributed by atoms with E-state index in [0.29, 0.717) is 6.42 Å². The Labute approximate surface area is 195 Å². The Hall–Kier alpha value is -2.02. The molecule has 12 heteroatoms. The average molecular weight is 506 g/mol. The standard InChI is InChI=1S/C21H31NO9S2/c1-15(2)19(18(31-33(4,27)28)11-8-12-30-32(3,25)26)20(23)22-17(14-29-21(22)24)13-16-9-6-5-7-10-16/h5-7,9-10,15,17-19H,8,11-14H2,1-4H3/t17-,18+,19-/m1/s1. The molecule has 1 aliphatic rings. The lowest BCUT2D eigenvalue weighted by Gasteiger charge is -2.32. The summed E-state index contributed by atoms with van der Waals surface area (Å²) in [6, 6.07) is 8.78. The van der Waals surface area contributed by atoms with Crippen molar-refractivity contribution in [2.24, 2.45) is 11.8 Å². The Morgan fingerprint density at radius 2 is 1.76 bits per heavy atom. The number of cyclic esters (lactones) is 1. The molecule has 1 aromatic carbocycles. The van der Waals surface area contributed by atoms with Crippen LogP contribution in [0.15, 0.2) is 30.3 Å². The van der Waals surface area contributed by atoms with Crippen LogP contribution in [-0.2, 0) is 44.6 Å². The second-order valence-electron chi connectivity index (χ2n) is 8.41. The number of nitrogens with zero attached hydrogens (tertiary/aromatic N) is 1. The van der Waals surface area contributed by atoms with Crippen LogP contribution in [0.2, 0.25) is 0 Å². The summed E-state index contributed by atoms with van der Waals surface area (Å²) < 4.78 is 61.3. The average Bonchev–Trinajstić information content (AvgIpc) is 3.03.